The van der Waals surface area contributed by atoms with Gasteiger partial charge in [0.05, 0.1) is 10.0 Å². The average molecular weight is 295 g/mol. The van der Waals surface area contributed by atoms with Gasteiger partial charge in [-0.2, -0.15) is 0 Å². The van der Waals surface area contributed by atoms with Crippen LogP contribution < -0.4 is 0 Å². The molecule has 0 fully saturated rings. The molecule has 0 aliphatic heterocycles. The predicted molar refractivity (Wildman–Crippen MR) is 80.8 cm³/mol. The highest BCUT2D eigenvalue weighted by Crippen LogP contribution is 2.36. The first-order chi connectivity index (χ1) is 9.08. The third-order valence-corrected chi connectivity index (χ3v) is 4.00. The third kappa shape index (κ3) is 2.94. The summed E-state index contributed by atoms with van der Waals surface area (Å²) in [6.07, 6.45) is 1.50. The molecule has 0 amide bonds. The van der Waals surface area contributed by atoms with E-state index >= 15 is 0 Å². The molecule has 2 aromatic rings. The molecule has 0 aliphatic rings. The van der Waals surface area contributed by atoms with E-state index in [0.717, 1.165) is 17.5 Å². The summed E-state index contributed by atoms with van der Waals surface area (Å²) in [5.41, 5.74) is 0.620. The predicted octanol–water partition coefficient (Wildman–Crippen LogP) is 5.03. The topological polar surface area (TPSA) is 20.2 Å². The molecule has 1 nitrogen and oxygen atoms in total. The number of hydrogen-bond donors (Lipinski definition) is 1. The van der Waals surface area contributed by atoms with E-state index in [1.54, 1.807) is 12.1 Å². The monoisotopic (exact) mass is 294 g/mol. The molecule has 2 rings (SSSR count). The number of halogens is 2. The van der Waals surface area contributed by atoms with Crippen molar-refractivity contribution >= 4 is 23.2 Å². The SMILES string of the molecule is CCCC(O)(c1ccccc1)c1ccc(Cl)c(Cl)c1. The molecule has 3 heteroatoms. The van der Waals surface area contributed by atoms with Crippen molar-refractivity contribution in [2.75, 3.05) is 0 Å². The molecule has 0 saturated carbocycles. The maximum atomic E-state index is 11.1. The quantitative estimate of drug-likeness (QED) is 0.838. The maximum Gasteiger partial charge on any atom is 0.115 e. The number of hydrogen-bond acceptors (Lipinski definition) is 1. The van der Waals surface area contributed by atoms with Crippen molar-refractivity contribution < 1.29 is 5.11 Å². The lowest BCUT2D eigenvalue weighted by atomic mass is 9.83. The van der Waals surface area contributed by atoms with Crippen LogP contribution in [-0.2, 0) is 5.60 Å². The summed E-state index contributed by atoms with van der Waals surface area (Å²) < 4.78 is 0. The van der Waals surface area contributed by atoms with Crippen molar-refractivity contribution in [1.29, 1.82) is 0 Å². The Morgan fingerprint density at radius 2 is 1.63 bits per heavy atom. The largest absolute Gasteiger partial charge is 0.380 e. The highest BCUT2D eigenvalue weighted by molar-refractivity contribution is 6.42. The average Bonchev–Trinajstić information content (AvgIpc) is 2.43. The number of aliphatic hydroxyl groups is 1. The molecule has 0 aromatic heterocycles. The van der Waals surface area contributed by atoms with Crippen LogP contribution in [0.3, 0.4) is 0 Å². The van der Waals surface area contributed by atoms with Crippen LogP contribution >= 0.6 is 23.2 Å². The first-order valence-corrected chi connectivity index (χ1v) is 7.07. The van der Waals surface area contributed by atoms with Gasteiger partial charge in [-0.15, -0.1) is 0 Å². The fraction of sp³-hybridized carbons (Fsp3) is 0.250. The Kier molecular flexibility index (Phi) is 4.51. The first kappa shape index (κ1) is 14.4. The lowest BCUT2D eigenvalue weighted by Crippen LogP contribution is -2.27. The third-order valence-electron chi connectivity index (χ3n) is 3.26. The van der Waals surface area contributed by atoms with E-state index in [9.17, 15) is 5.11 Å². The van der Waals surface area contributed by atoms with Crippen LogP contribution in [0.25, 0.3) is 0 Å². The molecule has 2 aromatic carbocycles. The van der Waals surface area contributed by atoms with Crippen LogP contribution in [0.1, 0.15) is 30.9 Å². The molecule has 0 saturated heterocycles. The normalized spacial score (nSPS) is 14.1. The molecule has 0 radical (unpaired) electrons. The Balaban J connectivity index is 2.52. The maximum absolute atomic E-state index is 11.1. The van der Waals surface area contributed by atoms with Crippen molar-refractivity contribution in [3.05, 3.63) is 69.7 Å². The van der Waals surface area contributed by atoms with Gasteiger partial charge >= 0.3 is 0 Å². The zero-order chi connectivity index (χ0) is 13.9. The second-order valence-electron chi connectivity index (χ2n) is 4.61. The summed E-state index contributed by atoms with van der Waals surface area (Å²) in [5, 5.41) is 12.0. The second kappa shape index (κ2) is 5.96. The minimum Gasteiger partial charge on any atom is -0.380 e. The summed E-state index contributed by atoms with van der Waals surface area (Å²) in [6.45, 7) is 2.05. The van der Waals surface area contributed by atoms with E-state index in [1.807, 2.05) is 43.3 Å². The number of rotatable bonds is 4. The summed E-state index contributed by atoms with van der Waals surface area (Å²) in [6, 6.07) is 14.9. The van der Waals surface area contributed by atoms with E-state index in [4.69, 9.17) is 23.2 Å². The van der Waals surface area contributed by atoms with E-state index in [0.29, 0.717) is 16.5 Å². The molecule has 100 valence electrons. The number of benzene rings is 2. The van der Waals surface area contributed by atoms with E-state index in [-0.39, 0.29) is 0 Å². The smallest absolute Gasteiger partial charge is 0.115 e. The van der Waals surface area contributed by atoms with Gasteiger partial charge in [0.1, 0.15) is 5.60 Å². The van der Waals surface area contributed by atoms with Crippen molar-refractivity contribution in [2.45, 2.75) is 25.4 Å². The fourth-order valence-electron chi connectivity index (χ4n) is 2.28. The highest BCUT2D eigenvalue weighted by Gasteiger charge is 2.30. The van der Waals surface area contributed by atoms with Gasteiger partial charge in [-0.3, -0.25) is 0 Å². The molecule has 1 atom stereocenters. The summed E-state index contributed by atoms with van der Waals surface area (Å²) in [4.78, 5) is 0. The van der Waals surface area contributed by atoms with Crippen LogP contribution in [-0.4, -0.2) is 5.11 Å². The van der Waals surface area contributed by atoms with Gasteiger partial charge in [0.15, 0.2) is 0 Å². The van der Waals surface area contributed by atoms with Crippen molar-refractivity contribution in [3.8, 4) is 0 Å². The van der Waals surface area contributed by atoms with Crippen molar-refractivity contribution in [1.82, 2.24) is 0 Å². The van der Waals surface area contributed by atoms with E-state index in [1.165, 1.54) is 0 Å². The van der Waals surface area contributed by atoms with Crippen molar-refractivity contribution in [3.63, 3.8) is 0 Å². The van der Waals surface area contributed by atoms with Gasteiger partial charge in [0.2, 0.25) is 0 Å². The van der Waals surface area contributed by atoms with Gasteiger partial charge in [-0.05, 0) is 29.7 Å². The van der Waals surface area contributed by atoms with Gasteiger partial charge in [-0.1, -0.05) is 72.9 Å². The van der Waals surface area contributed by atoms with Gasteiger partial charge in [0.25, 0.3) is 0 Å². The van der Waals surface area contributed by atoms with Gasteiger partial charge in [-0.25, -0.2) is 0 Å². The van der Waals surface area contributed by atoms with Crippen LogP contribution in [0.4, 0.5) is 0 Å². The first-order valence-electron chi connectivity index (χ1n) is 6.31. The lowest BCUT2D eigenvalue weighted by molar-refractivity contribution is 0.0702. The van der Waals surface area contributed by atoms with E-state index in [2.05, 4.69) is 0 Å². The highest BCUT2D eigenvalue weighted by atomic mass is 35.5. The standard InChI is InChI=1S/C16H16Cl2O/c1-2-10-16(19,12-6-4-3-5-7-12)13-8-9-14(17)15(18)11-13/h3-9,11,19H,2,10H2,1H3. The molecule has 1 unspecified atom stereocenters. The van der Waals surface area contributed by atoms with Crippen LogP contribution in [0, 0.1) is 0 Å². The zero-order valence-corrected chi connectivity index (χ0v) is 12.2. The van der Waals surface area contributed by atoms with Crippen LogP contribution in [0.15, 0.2) is 48.5 Å². The summed E-state index contributed by atoms with van der Waals surface area (Å²) in [5.74, 6) is 0. The Morgan fingerprint density at radius 1 is 0.947 bits per heavy atom. The molecular weight excluding hydrogens is 279 g/mol. The molecule has 0 bridgehead atoms. The lowest BCUT2D eigenvalue weighted by Gasteiger charge is -2.29. The Morgan fingerprint density at radius 3 is 2.21 bits per heavy atom. The molecule has 0 aliphatic carbocycles. The summed E-state index contributed by atoms with van der Waals surface area (Å²) in [7, 11) is 0. The molecular formula is C16H16Cl2O. The Bertz CT molecular complexity index is 554. The van der Waals surface area contributed by atoms with Gasteiger partial charge < -0.3 is 5.11 Å². The van der Waals surface area contributed by atoms with Crippen molar-refractivity contribution in [2.24, 2.45) is 0 Å². The zero-order valence-electron chi connectivity index (χ0n) is 10.7. The Labute approximate surface area is 123 Å². The van der Waals surface area contributed by atoms with Gasteiger partial charge in [0, 0.05) is 0 Å². The van der Waals surface area contributed by atoms with E-state index < -0.39 is 5.60 Å². The summed E-state index contributed by atoms with van der Waals surface area (Å²) >= 11 is 12.0. The second-order valence-corrected chi connectivity index (χ2v) is 5.42. The van der Waals surface area contributed by atoms with Crippen LogP contribution in [0.2, 0.25) is 10.0 Å². The molecule has 0 heterocycles. The fourth-order valence-corrected chi connectivity index (χ4v) is 2.58. The molecule has 19 heavy (non-hydrogen) atoms. The minimum atomic E-state index is -1.02. The molecule has 0 spiro atoms. The minimum absolute atomic E-state index is 0.463. The van der Waals surface area contributed by atoms with Crippen LogP contribution in [0.5, 0.6) is 0 Å². The Hall–Kier alpha value is -1.02. The molecule has 1 N–H and O–H groups in total.